The Hall–Kier alpha value is -3.93. The van der Waals surface area contributed by atoms with E-state index in [1.807, 2.05) is 0 Å². The van der Waals surface area contributed by atoms with Crippen molar-refractivity contribution in [2.24, 2.45) is 0 Å². The molecule has 0 aromatic heterocycles. The molecule has 40 heavy (non-hydrogen) atoms. The molecular weight excluding hydrogens is 530 g/mol. The summed E-state index contributed by atoms with van der Waals surface area (Å²) >= 11 is 0. The monoisotopic (exact) mass is 564 g/mol. The predicted molar refractivity (Wildman–Crippen MR) is 139 cm³/mol. The maximum atomic E-state index is 13.9. The highest BCUT2D eigenvalue weighted by Gasteiger charge is 2.46. The van der Waals surface area contributed by atoms with Gasteiger partial charge in [-0.25, -0.2) is 9.59 Å². The Morgan fingerprint density at radius 3 is 2.12 bits per heavy atom. The average molecular weight is 565 g/mol. The van der Waals surface area contributed by atoms with Gasteiger partial charge in [0.15, 0.2) is 23.6 Å². The van der Waals surface area contributed by atoms with E-state index in [9.17, 15) is 28.3 Å². The minimum atomic E-state index is -3.99. The highest BCUT2D eigenvalue weighted by Crippen LogP contribution is 2.45. The van der Waals surface area contributed by atoms with Gasteiger partial charge in [-0.2, -0.15) is 0 Å². The van der Waals surface area contributed by atoms with E-state index in [4.69, 9.17) is 9.47 Å². The van der Waals surface area contributed by atoms with Gasteiger partial charge in [0, 0.05) is 5.56 Å². The van der Waals surface area contributed by atoms with Crippen LogP contribution in [0, 0.1) is 0 Å². The van der Waals surface area contributed by atoms with Gasteiger partial charge in [0.25, 0.3) is 5.91 Å². The minimum Gasteiger partial charge on any atom is -0.458 e. The Labute approximate surface area is 230 Å². The summed E-state index contributed by atoms with van der Waals surface area (Å²) in [5, 5.41) is 15.9. The molecule has 1 aliphatic heterocycles. The van der Waals surface area contributed by atoms with Gasteiger partial charge in [0.2, 0.25) is 0 Å². The molecule has 0 bridgehead atoms. The van der Waals surface area contributed by atoms with Crippen LogP contribution >= 0.6 is 0 Å². The lowest BCUT2D eigenvalue weighted by atomic mass is 9.99. The second-order valence-electron chi connectivity index (χ2n) is 11.2. The van der Waals surface area contributed by atoms with Crippen molar-refractivity contribution in [2.75, 3.05) is 0 Å². The Kier molecular flexibility index (Phi) is 8.93. The molecule has 3 atom stereocenters. The van der Waals surface area contributed by atoms with Gasteiger partial charge in [-0.3, -0.25) is 4.79 Å². The van der Waals surface area contributed by atoms with Crippen LogP contribution in [0.1, 0.15) is 58.7 Å². The third kappa shape index (κ3) is 8.54. The number of carbonyl (C=O) groups is 3. The van der Waals surface area contributed by atoms with Crippen LogP contribution in [0.25, 0.3) is 0 Å². The van der Waals surface area contributed by atoms with Crippen LogP contribution in [0.4, 0.5) is 13.6 Å². The number of hydrogen-bond donors (Lipinski definition) is 3. The van der Waals surface area contributed by atoms with Crippen LogP contribution in [0.5, 0.6) is 11.5 Å². The molecule has 218 valence electrons. The highest BCUT2D eigenvalue weighted by molar-refractivity contribution is 5.89. The second-order valence-corrected chi connectivity index (χ2v) is 11.2. The lowest BCUT2D eigenvalue weighted by Gasteiger charge is -2.29. The standard InChI is InChI=1S/C28H34F2N2O8/c1-26(2,3)39-24(35)20(17-13-10-14-19-22(17)38-28(29,30)37-19)32-23(34)21(33)18(15-16-11-8-7-9-12-16)31-25(36)40-27(4,5)6/h7-14,18,20-21,33H,15H2,1-6H3,(H,31,36)(H,32,34)/t18-,20+,21+/m1/s1. The molecule has 2 amide bonds. The molecule has 3 rings (SSSR count). The number of aliphatic hydroxyl groups excluding tert-OH is 1. The van der Waals surface area contributed by atoms with E-state index in [0.717, 1.165) is 0 Å². The second kappa shape index (κ2) is 11.7. The van der Waals surface area contributed by atoms with Crippen molar-refractivity contribution in [3.05, 3.63) is 59.7 Å². The largest absolute Gasteiger partial charge is 0.586 e. The van der Waals surface area contributed by atoms with E-state index < -0.39 is 59.4 Å². The van der Waals surface area contributed by atoms with Gasteiger partial charge in [-0.1, -0.05) is 42.5 Å². The number of para-hydroxylation sites is 1. The minimum absolute atomic E-state index is 0.0235. The summed E-state index contributed by atoms with van der Waals surface area (Å²) in [5.74, 6) is -2.90. The molecule has 0 radical (unpaired) electrons. The maximum absolute atomic E-state index is 13.9. The van der Waals surface area contributed by atoms with Crippen molar-refractivity contribution < 1.29 is 47.2 Å². The van der Waals surface area contributed by atoms with Crippen molar-refractivity contribution in [3.8, 4) is 11.5 Å². The molecule has 1 heterocycles. The molecule has 3 N–H and O–H groups in total. The molecule has 10 nitrogen and oxygen atoms in total. The van der Waals surface area contributed by atoms with Gasteiger partial charge >= 0.3 is 18.4 Å². The van der Waals surface area contributed by atoms with E-state index in [1.54, 1.807) is 71.9 Å². The highest BCUT2D eigenvalue weighted by atomic mass is 19.3. The lowest BCUT2D eigenvalue weighted by molar-refractivity contribution is -0.287. The normalized spacial score (nSPS) is 16.3. The first-order chi connectivity index (χ1) is 18.4. The molecule has 0 saturated heterocycles. The van der Waals surface area contributed by atoms with E-state index >= 15 is 0 Å². The Balaban J connectivity index is 1.91. The summed E-state index contributed by atoms with van der Waals surface area (Å²) < 4.78 is 47.5. The Bertz CT molecular complexity index is 1230. The number of amides is 2. The molecule has 12 heteroatoms. The first-order valence-electron chi connectivity index (χ1n) is 12.6. The zero-order valence-corrected chi connectivity index (χ0v) is 23.1. The number of alkyl carbamates (subject to hydrolysis) is 1. The van der Waals surface area contributed by atoms with E-state index in [-0.39, 0.29) is 17.7 Å². The van der Waals surface area contributed by atoms with Crippen LogP contribution in [0.2, 0.25) is 0 Å². The van der Waals surface area contributed by atoms with E-state index in [1.165, 1.54) is 18.2 Å². The summed E-state index contributed by atoms with van der Waals surface area (Å²) in [6, 6.07) is 9.72. The Morgan fingerprint density at radius 2 is 1.52 bits per heavy atom. The topological polar surface area (TPSA) is 132 Å². The van der Waals surface area contributed by atoms with Gasteiger partial charge in [-0.05, 0) is 59.6 Å². The zero-order valence-electron chi connectivity index (χ0n) is 23.1. The number of carbonyl (C=O) groups excluding carboxylic acids is 3. The molecule has 2 aromatic carbocycles. The van der Waals surface area contributed by atoms with Crippen molar-refractivity contribution in [3.63, 3.8) is 0 Å². The molecule has 0 saturated carbocycles. The average Bonchev–Trinajstić information content (AvgIpc) is 3.13. The molecule has 1 aliphatic rings. The number of hydrogen-bond acceptors (Lipinski definition) is 8. The van der Waals surface area contributed by atoms with E-state index in [2.05, 4.69) is 20.1 Å². The third-order valence-corrected chi connectivity index (χ3v) is 5.35. The van der Waals surface area contributed by atoms with Crippen LogP contribution < -0.4 is 20.1 Å². The fourth-order valence-electron chi connectivity index (χ4n) is 3.82. The lowest BCUT2D eigenvalue weighted by Crippen LogP contribution is -2.53. The number of alkyl halides is 2. The number of ether oxygens (including phenoxy) is 4. The van der Waals surface area contributed by atoms with Crippen molar-refractivity contribution in [1.29, 1.82) is 0 Å². The first-order valence-corrected chi connectivity index (χ1v) is 12.6. The van der Waals surface area contributed by atoms with Gasteiger partial charge in [0.1, 0.15) is 11.2 Å². The fraction of sp³-hybridized carbons (Fsp3) is 0.464. The molecular formula is C28H34F2N2O8. The summed E-state index contributed by atoms with van der Waals surface area (Å²) in [7, 11) is 0. The molecule has 0 unspecified atom stereocenters. The number of benzene rings is 2. The van der Waals surface area contributed by atoms with Crippen LogP contribution in [0.3, 0.4) is 0 Å². The number of aliphatic hydroxyl groups is 1. The number of halogens is 2. The number of fused-ring (bicyclic) bond motifs is 1. The summed E-state index contributed by atoms with van der Waals surface area (Å²) in [6.45, 7) is 9.72. The van der Waals surface area contributed by atoms with Crippen molar-refractivity contribution in [2.45, 2.75) is 83.6 Å². The summed E-state index contributed by atoms with van der Waals surface area (Å²) in [6.07, 6.45) is -6.74. The maximum Gasteiger partial charge on any atom is 0.586 e. The zero-order chi connectivity index (χ0) is 29.9. The molecule has 0 spiro atoms. The van der Waals surface area contributed by atoms with Gasteiger partial charge in [-0.15, -0.1) is 8.78 Å². The summed E-state index contributed by atoms with van der Waals surface area (Å²) in [4.78, 5) is 39.1. The van der Waals surface area contributed by atoms with Gasteiger partial charge in [0.05, 0.1) is 6.04 Å². The fourth-order valence-corrected chi connectivity index (χ4v) is 3.82. The van der Waals surface area contributed by atoms with Crippen LogP contribution in [0.15, 0.2) is 48.5 Å². The van der Waals surface area contributed by atoms with Crippen LogP contribution in [-0.4, -0.2) is 52.7 Å². The predicted octanol–water partition coefficient (Wildman–Crippen LogP) is 4.00. The smallest absolute Gasteiger partial charge is 0.458 e. The van der Waals surface area contributed by atoms with Gasteiger partial charge < -0.3 is 34.7 Å². The third-order valence-electron chi connectivity index (χ3n) is 5.35. The quantitative estimate of drug-likeness (QED) is 0.410. The Morgan fingerprint density at radius 1 is 0.900 bits per heavy atom. The van der Waals surface area contributed by atoms with Crippen LogP contribution in [-0.2, 0) is 25.5 Å². The summed E-state index contributed by atoms with van der Waals surface area (Å²) in [5.41, 5.74) is -1.35. The van der Waals surface area contributed by atoms with E-state index in [0.29, 0.717) is 5.56 Å². The SMILES string of the molecule is CC(C)(C)OC(=O)N[C@H](Cc1ccccc1)[C@H](O)C(=O)N[C@H](C(=O)OC(C)(C)C)c1cccc2c1OC(F)(F)O2. The number of rotatable bonds is 8. The van der Waals surface area contributed by atoms with Crippen molar-refractivity contribution >= 4 is 18.0 Å². The molecule has 0 aliphatic carbocycles. The molecule has 0 fully saturated rings. The van der Waals surface area contributed by atoms with Crippen molar-refractivity contribution in [1.82, 2.24) is 10.6 Å². The number of nitrogens with one attached hydrogen (secondary N) is 2. The first kappa shape index (κ1) is 30.6. The molecule has 2 aromatic rings. The number of esters is 1.